The zero-order valence-corrected chi connectivity index (χ0v) is 13.6. The zero-order chi connectivity index (χ0) is 15.6. The number of para-hydroxylation sites is 1. The molecule has 21 heavy (non-hydrogen) atoms. The van der Waals surface area contributed by atoms with E-state index in [1.54, 1.807) is 25.2 Å². The minimum absolute atomic E-state index is 0.0400. The van der Waals surface area contributed by atoms with Crippen molar-refractivity contribution in [3.63, 3.8) is 0 Å². The van der Waals surface area contributed by atoms with Crippen LogP contribution in [0.5, 0.6) is 0 Å². The number of hydrogen-bond acceptors (Lipinski definition) is 4. The summed E-state index contributed by atoms with van der Waals surface area (Å²) in [5.41, 5.74) is 3.96. The Bertz CT molecular complexity index is 678. The van der Waals surface area contributed by atoms with Crippen molar-refractivity contribution in [3.05, 3.63) is 56.0 Å². The zero-order valence-electron chi connectivity index (χ0n) is 12.0. The third-order valence-electron chi connectivity index (χ3n) is 3.20. The van der Waals surface area contributed by atoms with E-state index in [2.05, 4.69) is 26.6 Å². The summed E-state index contributed by atoms with van der Waals surface area (Å²) in [6.45, 7) is 3.97. The van der Waals surface area contributed by atoms with Gasteiger partial charge in [-0.25, -0.2) is 0 Å². The van der Waals surface area contributed by atoms with Crippen LogP contribution in [0.25, 0.3) is 0 Å². The first-order valence-electron chi connectivity index (χ1n) is 6.43. The van der Waals surface area contributed by atoms with E-state index in [1.165, 1.54) is 0 Å². The molecule has 0 radical (unpaired) electrons. The number of nitro groups is 1. The van der Waals surface area contributed by atoms with E-state index in [9.17, 15) is 10.1 Å². The van der Waals surface area contributed by atoms with Gasteiger partial charge >= 0.3 is 5.69 Å². The molecule has 5 nitrogen and oxygen atoms in total. The van der Waals surface area contributed by atoms with E-state index in [4.69, 9.17) is 0 Å². The van der Waals surface area contributed by atoms with E-state index < -0.39 is 0 Å². The number of nitrogens with zero attached hydrogens (tertiary/aromatic N) is 1. The van der Waals surface area contributed by atoms with Gasteiger partial charge in [-0.15, -0.1) is 0 Å². The number of rotatable bonds is 4. The fraction of sp³-hybridized carbons (Fsp3) is 0.200. The minimum Gasteiger partial charge on any atom is -0.382 e. The van der Waals surface area contributed by atoms with Gasteiger partial charge in [0.05, 0.1) is 4.92 Å². The van der Waals surface area contributed by atoms with Gasteiger partial charge in [-0.2, -0.15) is 0 Å². The maximum atomic E-state index is 11.3. The molecule has 0 aliphatic rings. The normalized spacial score (nSPS) is 10.3. The number of hydrogen-bond donors (Lipinski definition) is 2. The molecule has 0 unspecified atom stereocenters. The largest absolute Gasteiger partial charge is 0.382 e. The number of anilines is 3. The topological polar surface area (TPSA) is 67.2 Å². The van der Waals surface area contributed by atoms with Gasteiger partial charge in [0.2, 0.25) is 0 Å². The maximum absolute atomic E-state index is 11.3. The fourth-order valence-electron chi connectivity index (χ4n) is 2.22. The SMILES string of the molecule is CNc1cccc(Nc2cc(C)c(Br)c(C)c2)c1[N+](=O)[O-]. The molecule has 0 aliphatic heterocycles. The van der Waals surface area contributed by atoms with Crippen molar-refractivity contribution >= 4 is 38.7 Å². The summed E-state index contributed by atoms with van der Waals surface area (Å²) in [6.07, 6.45) is 0. The van der Waals surface area contributed by atoms with Gasteiger partial charge in [0, 0.05) is 17.2 Å². The van der Waals surface area contributed by atoms with Crippen LogP contribution in [-0.4, -0.2) is 12.0 Å². The molecule has 0 bridgehead atoms. The molecular weight excluding hydrogens is 334 g/mol. The molecule has 2 N–H and O–H groups in total. The first kappa shape index (κ1) is 15.3. The molecule has 0 fully saturated rings. The second-order valence-corrected chi connectivity index (χ2v) is 5.55. The molecule has 0 atom stereocenters. The Morgan fingerprint density at radius 3 is 2.24 bits per heavy atom. The van der Waals surface area contributed by atoms with Crippen LogP contribution in [0.15, 0.2) is 34.8 Å². The summed E-state index contributed by atoms with van der Waals surface area (Å²) in [7, 11) is 1.67. The van der Waals surface area contributed by atoms with Crippen LogP contribution in [0.2, 0.25) is 0 Å². The Morgan fingerprint density at radius 1 is 1.14 bits per heavy atom. The quantitative estimate of drug-likeness (QED) is 0.616. The molecule has 0 saturated heterocycles. The maximum Gasteiger partial charge on any atom is 0.315 e. The lowest BCUT2D eigenvalue weighted by molar-refractivity contribution is -0.383. The summed E-state index contributed by atoms with van der Waals surface area (Å²) < 4.78 is 1.05. The van der Waals surface area contributed by atoms with Crippen LogP contribution < -0.4 is 10.6 Å². The summed E-state index contributed by atoms with van der Waals surface area (Å²) in [5.74, 6) is 0. The van der Waals surface area contributed by atoms with Gasteiger partial charge in [-0.05, 0) is 49.2 Å². The Balaban J connectivity index is 2.47. The Morgan fingerprint density at radius 2 is 1.71 bits per heavy atom. The lowest BCUT2D eigenvalue weighted by Crippen LogP contribution is -2.01. The third kappa shape index (κ3) is 3.16. The Labute approximate surface area is 131 Å². The van der Waals surface area contributed by atoms with Gasteiger partial charge in [-0.1, -0.05) is 22.0 Å². The minimum atomic E-state index is -0.382. The molecule has 0 spiro atoms. The van der Waals surface area contributed by atoms with Crippen LogP contribution in [0, 0.1) is 24.0 Å². The fourth-order valence-corrected chi connectivity index (χ4v) is 2.45. The standard InChI is InChI=1S/C15H16BrN3O2/c1-9-7-11(8-10(2)14(9)16)18-13-6-4-5-12(17-3)15(13)19(20)21/h4-8,17-18H,1-3H3. The highest BCUT2D eigenvalue weighted by Crippen LogP contribution is 2.35. The third-order valence-corrected chi connectivity index (χ3v) is 4.45. The highest BCUT2D eigenvalue weighted by molar-refractivity contribution is 9.10. The van der Waals surface area contributed by atoms with Crippen molar-refractivity contribution in [2.24, 2.45) is 0 Å². The van der Waals surface area contributed by atoms with Gasteiger partial charge in [0.1, 0.15) is 11.4 Å². The molecule has 2 aromatic carbocycles. The Hall–Kier alpha value is -2.08. The smallest absolute Gasteiger partial charge is 0.315 e. The van der Waals surface area contributed by atoms with E-state index in [0.717, 1.165) is 21.3 Å². The molecule has 2 rings (SSSR count). The van der Waals surface area contributed by atoms with Gasteiger partial charge in [-0.3, -0.25) is 10.1 Å². The lowest BCUT2D eigenvalue weighted by atomic mass is 10.1. The van der Waals surface area contributed by atoms with Gasteiger partial charge < -0.3 is 10.6 Å². The molecular formula is C15H16BrN3O2. The van der Waals surface area contributed by atoms with E-state index >= 15 is 0 Å². The van der Waals surface area contributed by atoms with Crippen LogP contribution in [0.4, 0.5) is 22.7 Å². The average Bonchev–Trinajstić information content (AvgIpc) is 2.44. The Kier molecular flexibility index (Phi) is 4.47. The molecule has 2 aromatic rings. The molecule has 110 valence electrons. The monoisotopic (exact) mass is 349 g/mol. The summed E-state index contributed by atoms with van der Waals surface area (Å²) >= 11 is 3.51. The lowest BCUT2D eigenvalue weighted by Gasteiger charge is -2.12. The van der Waals surface area contributed by atoms with Crippen LogP contribution in [0.3, 0.4) is 0 Å². The van der Waals surface area contributed by atoms with Crippen molar-refractivity contribution in [2.45, 2.75) is 13.8 Å². The summed E-state index contributed by atoms with van der Waals surface area (Å²) in [6, 6.07) is 9.06. The second-order valence-electron chi connectivity index (χ2n) is 4.76. The highest BCUT2D eigenvalue weighted by Gasteiger charge is 2.19. The van der Waals surface area contributed by atoms with Crippen LogP contribution >= 0.6 is 15.9 Å². The predicted molar refractivity (Wildman–Crippen MR) is 89.5 cm³/mol. The molecule has 0 saturated carbocycles. The average molecular weight is 350 g/mol. The van der Waals surface area contributed by atoms with E-state index in [0.29, 0.717) is 11.4 Å². The second kappa shape index (κ2) is 6.13. The van der Waals surface area contributed by atoms with Crippen molar-refractivity contribution < 1.29 is 4.92 Å². The van der Waals surface area contributed by atoms with Gasteiger partial charge in [0.25, 0.3) is 0 Å². The first-order valence-corrected chi connectivity index (χ1v) is 7.22. The first-order chi connectivity index (χ1) is 9.93. The molecule has 6 heteroatoms. The van der Waals surface area contributed by atoms with Crippen LogP contribution in [0.1, 0.15) is 11.1 Å². The summed E-state index contributed by atoms with van der Waals surface area (Å²) in [5, 5.41) is 17.3. The molecule has 0 heterocycles. The van der Waals surface area contributed by atoms with E-state index in [-0.39, 0.29) is 10.6 Å². The molecule has 0 aliphatic carbocycles. The number of nitro benzene ring substituents is 1. The number of nitrogens with one attached hydrogen (secondary N) is 2. The van der Waals surface area contributed by atoms with Crippen molar-refractivity contribution in [1.29, 1.82) is 0 Å². The van der Waals surface area contributed by atoms with E-state index in [1.807, 2.05) is 26.0 Å². The number of benzene rings is 2. The molecule has 0 amide bonds. The van der Waals surface area contributed by atoms with Gasteiger partial charge in [0.15, 0.2) is 0 Å². The highest BCUT2D eigenvalue weighted by atomic mass is 79.9. The summed E-state index contributed by atoms with van der Waals surface area (Å²) in [4.78, 5) is 10.9. The predicted octanol–water partition coefficient (Wildman–Crippen LogP) is 4.76. The van der Waals surface area contributed by atoms with Crippen molar-refractivity contribution in [3.8, 4) is 0 Å². The van der Waals surface area contributed by atoms with Crippen molar-refractivity contribution in [2.75, 3.05) is 17.7 Å². The van der Waals surface area contributed by atoms with Crippen molar-refractivity contribution in [1.82, 2.24) is 0 Å². The number of halogens is 1. The van der Waals surface area contributed by atoms with Crippen LogP contribution in [-0.2, 0) is 0 Å². The number of aryl methyl sites for hydroxylation is 2. The molecule has 0 aromatic heterocycles.